The van der Waals surface area contributed by atoms with Crippen molar-refractivity contribution in [2.24, 2.45) is 0 Å². The third-order valence-corrected chi connectivity index (χ3v) is 5.38. The average molecular weight is 452 g/mol. The molecule has 0 bridgehead atoms. The fraction of sp³-hybridized carbons (Fsp3) is 0.0435. The van der Waals surface area contributed by atoms with E-state index in [0.717, 1.165) is 6.07 Å². The number of halogens is 2. The highest BCUT2D eigenvalue weighted by atomic mass is 35.5. The van der Waals surface area contributed by atoms with Crippen LogP contribution in [0.25, 0.3) is 28.2 Å². The molecule has 0 aliphatic carbocycles. The van der Waals surface area contributed by atoms with E-state index < -0.39 is 23.2 Å². The minimum Gasteiger partial charge on any atom is -0.503 e. The average Bonchev–Trinajstić information content (AvgIpc) is 3.46. The van der Waals surface area contributed by atoms with E-state index >= 15 is 0 Å². The van der Waals surface area contributed by atoms with E-state index in [0.29, 0.717) is 16.8 Å². The smallest absolute Gasteiger partial charge is 0.242 e. The number of furan rings is 1. The summed E-state index contributed by atoms with van der Waals surface area (Å²) >= 11 is 5.99. The zero-order chi connectivity index (χ0) is 22.6. The van der Waals surface area contributed by atoms with Gasteiger partial charge in [-0.15, -0.1) is 0 Å². The summed E-state index contributed by atoms with van der Waals surface area (Å²) in [5.41, 5.74) is 1.39. The van der Waals surface area contributed by atoms with Gasteiger partial charge in [-0.25, -0.2) is 13.9 Å². The number of carbonyl (C=O) groups is 1. The van der Waals surface area contributed by atoms with Gasteiger partial charge in [-0.1, -0.05) is 23.7 Å². The van der Waals surface area contributed by atoms with Gasteiger partial charge in [-0.05, 0) is 49.4 Å². The van der Waals surface area contributed by atoms with Gasteiger partial charge in [0.15, 0.2) is 11.5 Å². The Morgan fingerprint density at radius 2 is 1.94 bits per heavy atom. The first-order valence-corrected chi connectivity index (χ1v) is 9.91. The molecule has 0 saturated carbocycles. The van der Waals surface area contributed by atoms with Crippen molar-refractivity contribution in [3.05, 3.63) is 82.5 Å². The number of imidazole rings is 1. The van der Waals surface area contributed by atoms with E-state index in [-0.39, 0.29) is 33.6 Å². The number of carbonyl (C=O) groups excluding carboxylic acids is 1. The van der Waals surface area contributed by atoms with E-state index in [1.807, 2.05) is 6.07 Å². The number of fused-ring (bicyclic) bond motifs is 1. The van der Waals surface area contributed by atoms with Gasteiger partial charge in [0, 0.05) is 5.56 Å². The number of hydrogen-bond donors (Lipinski definition) is 3. The molecule has 0 radical (unpaired) electrons. The van der Waals surface area contributed by atoms with Gasteiger partial charge >= 0.3 is 0 Å². The predicted molar refractivity (Wildman–Crippen MR) is 116 cm³/mol. The summed E-state index contributed by atoms with van der Waals surface area (Å²) in [6, 6.07) is 14.1. The molecular weight excluding hydrogens is 437 g/mol. The van der Waals surface area contributed by atoms with Gasteiger partial charge in [0.2, 0.25) is 17.6 Å². The van der Waals surface area contributed by atoms with Crippen LogP contribution in [0, 0.1) is 12.7 Å². The molecule has 3 N–H and O–H groups in total. The summed E-state index contributed by atoms with van der Waals surface area (Å²) in [6.07, 6.45) is 0. The number of aromatic hydroxyl groups is 2. The number of nitrogens with zero attached hydrogens (tertiary/aromatic N) is 2. The van der Waals surface area contributed by atoms with Crippen LogP contribution in [-0.4, -0.2) is 30.5 Å². The first kappa shape index (κ1) is 19.9. The number of aryl methyl sites for hydroxylation is 1. The molecule has 0 amide bonds. The lowest BCUT2D eigenvalue weighted by Gasteiger charge is -2.10. The normalized spacial score (nSPS) is 11.3. The van der Waals surface area contributed by atoms with Crippen molar-refractivity contribution in [2.75, 3.05) is 0 Å². The second kappa shape index (κ2) is 7.28. The standard InChI is InChI=1S/C23H15ClFN3O4/c1-11-6-9-17(32-11)20(29)18-19(12-7-8-14(25)13(24)10-12)28(22(31)21(18)30)23-26-15-4-2-3-5-16(15)27-23/h2-10,30-31H,1H3,(H,26,27). The molecule has 0 atom stereocenters. The Bertz CT molecular complexity index is 1480. The molecule has 0 unspecified atom stereocenters. The summed E-state index contributed by atoms with van der Waals surface area (Å²) in [5, 5.41) is 21.4. The van der Waals surface area contributed by atoms with Crippen LogP contribution >= 0.6 is 11.6 Å². The molecule has 0 aliphatic heterocycles. The van der Waals surface area contributed by atoms with Crippen molar-refractivity contribution in [2.45, 2.75) is 6.92 Å². The van der Waals surface area contributed by atoms with Crippen LogP contribution in [0.15, 0.2) is 59.0 Å². The van der Waals surface area contributed by atoms with E-state index in [1.165, 1.54) is 22.8 Å². The summed E-state index contributed by atoms with van der Waals surface area (Å²) < 4.78 is 20.5. The molecule has 7 nitrogen and oxygen atoms in total. The highest BCUT2D eigenvalue weighted by Gasteiger charge is 2.32. The van der Waals surface area contributed by atoms with E-state index in [9.17, 15) is 19.4 Å². The zero-order valence-electron chi connectivity index (χ0n) is 16.6. The number of hydrogen-bond acceptors (Lipinski definition) is 5. The molecule has 0 saturated heterocycles. The summed E-state index contributed by atoms with van der Waals surface area (Å²) in [6.45, 7) is 1.67. The minimum atomic E-state index is -0.670. The Morgan fingerprint density at radius 3 is 2.62 bits per heavy atom. The fourth-order valence-electron chi connectivity index (χ4n) is 3.61. The van der Waals surface area contributed by atoms with Gasteiger partial charge in [0.25, 0.3) is 0 Å². The van der Waals surface area contributed by atoms with Gasteiger partial charge < -0.3 is 19.6 Å². The van der Waals surface area contributed by atoms with Crippen LogP contribution in [0.3, 0.4) is 0 Å². The monoisotopic (exact) mass is 451 g/mol. The second-order valence-corrected chi connectivity index (χ2v) is 7.58. The summed E-state index contributed by atoms with van der Waals surface area (Å²) in [4.78, 5) is 20.8. The van der Waals surface area contributed by atoms with Crippen molar-refractivity contribution in [1.29, 1.82) is 0 Å². The Morgan fingerprint density at radius 1 is 1.16 bits per heavy atom. The Balaban J connectivity index is 1.83. The lowest BCUT2D eigenvalue weighted by Crippen LogP contribution is -2.05. The molecule has 3 heterocycles. The number of H-pyrrole nitrogens is 1. The number of rotatable bonds is 4. The van der Waals surface area contributed by atoms with Crippen LogP contribution in [0.2, 0.25) is 5.02 Å². The highest BCUT2D eigenvalue weighted by Crippen LogP contribution is 2.44. The van der Waals surface area contributed by atoms with Gasteiger partial charge in [0.1, 0.15) is 11.6 Å². The molecule has 9 heteroatoms. The minimum absolute atomic E-state index is 0.0333. The van der Waals surface area contributed by atoms with Gasteiger partial charge in [0.05, 0.1) is 27.3 Å². The number of para-hydroxylation sites is 2. The molecule has 3 aromatic heterocycles. The SMILES string of the molecule is Cc1ccc(C(=O)c2c(O)c(O)n(-c3nc4ccccc4[nH]3)c2-c2ccc(F)c(Cl)c2)o1. The largest absolute Gasteiger partial charge is 0.503 e. The first-order valence-electron chi connectivity index (χ1n) is 9.53. The van der Waals surface area contributed by atoms with Crippen molar-refractivity contribution < 1.29 is 23.8 Å². The molecule has 32 heavy (non-hydrogen) atoms. The van der Waals surface area contributed by atoms with E-state index in [4.69, 9.17) is 16.0 Å². The van der Waals surface area contributed by atoms with Crippen LogP contribution in [0.1, 0.15) is 21.9 Å². The Hall–Kier alpha value is -4.04. The molecule has 5 rings (SSSR count). The van der Waals surface area contributed by atoms with Crippen molar-refractivity contribution >= 4 is 28.4 Å². The highest BCUT2D eigenvalue weighted by molar-refractivity contribution is 6.31. The maximum absolute atomic E-state index is 13.9. The van der Waals surface area contributed by atoms with Crippen LogP contribution in [0.4, 0.5) is 4.39 Å². The zero-order valence-corrected chi connectivity index (χ0v) is 17.3. The fourth-order valence-corrected chi connectivity index (χ4v) is 3.79. The molecule has 0 fully saturated rings. The number of ketones is 1. The summed E-state index contributed by atoms with van der Waals surface area (Å²) in [5.74, 6) is -2.00. The quantitative estimate of drug-likeness (QED) is 0.319. The van der Waals surface area contributed by atoms with E-state index in [1.54, 1.807) is 31.2 Å². The molecule has 2 aromatic carbocycles. The lowest BCUT2D eigenvalue weighted by atomic mass is 10.0. The number of benzene rings is 2. The second-order valence-electron chi connectivity index (χ2n) is 7.18. The van der Waals surface area contributed by atoms with Gasteiger partial charge in [-0.2, -0.15) is 0 Å². The molecule has 0 spiro atoms. The topological polar surface area (TPSA) is 104 Å². The first-order chi connectivity index (χ1) is 15.3. The van der Waals surface area contributed by atoms with Crippen molar-refractivity contribution in [3.63, 3.8) is 0 Å². The molecule has 160 valence electrons. The number of aromatic nitrogens is 3. The third kappa shape index (κ3) is 3.04. The van der Waals surface area contributed by atoms with Crippen LogP contribution in [0.5, 0.6) is 11.6 Å². The maximum atomic E-state index is 13.9. The number of aromatic amines is 1. The van der Waals surface area contributed by atoms with Crippen molar-refractivity contribution in [3.8, 4) is 28.8 Å². The molecular formula is C23H15ClFN3O4. The van der Waals surface area contributed by atoms with E-state index in [2.05, 4.69) is 9.97 Å². The maximum Gasteiger partial charge on any atom is 0.242 e. The number of nitrogens with one attached hydrogen (secondary N) is 1. The van der Waals surface area contributed by atoms with Crippen LogP contribution in [-0.2, 0) is 0 Å². The van der Waals surface area contributed by atoms with Crippen molar-refractivity contribution in [1.82, 2.24) is 14.5 Å². The van der Waals surface area contributed by atoms with Gasteiger partial charge in [-0.3, -0.25) is 4.79 Å². The summed E-state index contributed by atoms with van der Waals surface area (Å²) in [7, 11) is 0. The molecule has 0 aliphatic rings. The van der Waals surface area contributed by atoms with Crippen LogP contribution < -0.4 is 0 Å². The predicted octanol–water partition coefficient (Wildman–Crippen LogP) is 5.36. The Labute approximate surface area is 185 Å². The third-order valence-electron chi connectivity index (χ3n) is 5.09. The molecule has 5 aromatic rings. The Kier molecular flexibility index (Phi) is 4.53. The lowest BCUT2D eigenvalue weighted by molar-refractivity contribution is 0.101.